The molecule has 120 valence electrons. The van der Waals surface area contributed by atoms with Crippen molar-refractivity contribution in [3.8, 4) is 22.1 Å². The Balaban J connectivity index is 1.91. The number of benzene rings is 2. The van der Waals surface area contributed by atoms with E-state index in [9.17, 15) is 0 Å². The van der Waals surface area contributed by atoms with E-state index >= 15 is 0 Å². The molecule has 0 radical (unpaired) electrons. The van der Waals surface area contributed by atoms with Gasteiger partial charge in [0.2, 0.25) is 0 Å². The van der Waals surface area contributed by atoms with Crippen LogP contribution in [-0.2, 0) is 0 Å². The molecule has 3 aromatic rings. The van der Waals surface area contributed by atoms with E-state index in [1.807, 2.05) is 37.3 Å². The Kier molecular flexibility index (Phi) is 5.13. The second-order valence-electron chi connectivity index (χ2n) is 5.28. The summed E-state index contributed by atoms with van der Waals surface area (Å²) in [6.07, 6.45) is 2.17. The molecule has 2 aromatic carbocycles. The Hall–Kier alpha value is -2.07. The van der Waals surface area contributed by atoms with Crippen LogP contribution in [0.5, 0.6) is 11.5 Å². The molecule has 0 spiro atoms. The average Bonchev–Trinajstić information content (AvgIpc) is 3.00. The molecule has 0 saturated carbocycles. The summed E-state index contributed by atoms with van der Waals surface area (Å²) in [5.74, 6) is 1.60. The number of rotatable bonds is 7. The van der Waals surface area contributed by atoms with Crippen LogP contribution >= 0.6 is 11.3 Å². The third-order valence-electron chi connectivity index (χ3n) is 3.54. The van der Waals surface area contributed by atoms with Crippen LogP contribution in [0.1, 0.15) is 26.7 Å². The van der Waals surface area contributed by atoms with Gasteiger partial charge in [-0.25, -0.2) is 4.98 Å². The summed E-state index contributed by atoms with van der Waals surface area (Å²) in [5.41, 5.74) is 2.10. The minimum atomic E-state index is 0.618. The molecule has 0 aliphatic heterocycles. The first-order chi connectivity index (χ1) is 11.3. The molecular weight excluding hydrogens is 306 g/mol. The lowest BCUT2D eigenvalue weighted by Gasteiger charge is -2.12. The van der Waals surface area contributed by atoms with Crippen molar-refractivity contribution in [2.75, 3.05) is 13.2 Å². The maximum Gasteiger partial charge on any atom is 0.161 e. The predicted molar refractivity (Wildman–Crippen MR) is 96.6 cm³/mol. The Labute approximate surface area is 140 Å². The number of nitrogens with zero attached hydrogens (tertiary/aromatic N) is 1. The van der Waals surface area contributed by atoms with E-state index in [4.69, 9.17) is 14.5 Å². The standard InChI is InChI=1S/C19H21NO2S/c1-3-5-12-22-16-11-10-14(13-17(16)21-4-2)19-20-15-8-6-7-9-18(15)23-19/h6-11,13H,3-5,12H2,1-2H3. The Morgan fingerprint density at radius 2 is 1.87 bits per heavy atom. The fourth-order valence-electron chi connectivity index (χ4n) is 2.35. The highest BCUT2D eigenvalue weighted by Crippen LogP contribution is 2.36. The highest BCUT2D eigenvalue weighted by atomic mass is 32.1. The second kappa shape index (κ2) is 7.47. The molecular formula is C19H21NO2S. The number of hydrogen-bond acceptors (Lipinski definition) is 4. The lowest BCUT2D eigenvalue weighted by molar-refractivity contribution is 0.273. The first kappa shape index (κ1) is 15.8. The van der Waals surface area contributed by atoms with Crippen molar-refractivity contribution < 1.29 is 9.47 Å². The van der Waals surface area contributed by atoms with Crippen molar-refractivity contribution in [1.82, 2.24) is 4.98 Å². The highest BCUT2D eigenvalue weighted by Gasteiger charge is 2.11. The molecule has 3 rings (SSSR count). The van der Waals surface area contributed by atoms with Crippen molar-refractivity contribution >= 4 is 21.6 Å². The number of aromatic nitrogens is 1. The van der Waals surface area contributed by atoms with Crippen LogP contribution < -0.4 is 9.47 Å². The van der Waals surface area contributed by atoms with Crippen molar-refractivity contribution in [3.63, 3.8) is 0 Å². The van der Waals surface area contributed by atoms with E-state index in [-0.39, 0.29) is 0 Å². The molecule has 1 aromatic heterocycles. The van der Waals surface area contributed by atoms with E-state index in [1.54, 1.807) is 11.3 Å². The van der Waals surface area contributed by atoms with E-state index in [2.05, 4.69) is 19.1 Å². The van der Waals surface area contributed by atoms with E-state index in [0.29, 0.717) is 6.61 Å². The van der Waals surface area contributed by atoms with Crippen LogP contribution in [0.2, 0.25) is 0 Å². The van der Waals surface area contributed by atoms with Crippen molar-refractivity contribution in [2.24, 2.45) is 0 Å². The van der Waals surface area contributed by atoms with Gasteiger partial charge in [-0.1, -0.05) is 25.5 Å². The normalized spacial score (nSPS) is 10.9. The van der Waals surface area contributed by atoms with Gasteiger partial charge in [0.1, 0.15) is 5.01 Å². The summed E-state index contributed by atoms with van der Waals surface area (Å²) < 4.78 is 12.8. The summed E-state index contributed by atoms with van der Waals surface area (Å²) in [6, 6.07) is 14.3. The monoisotopic (exact) mass is 327 g/mol. The van der Waals surface area contributed by atoms with Crippen LogP contribution in [0.25, 0.3) is 20.8 Å². The van der Waals surface area contributed by atoms with Gasteiger partial charge in [0.05, 0.1) is 23.4 Å². The quantitative estimate of drug-likeness (QED) is 0.534. The summed E-state index contributed by atoms with van der Waals surface area (Å²) in [7, 11) is 0. The van der Waals surface area contributed by atoms with Gasteiger partial charge in [-0.15, -0.1) is 11.3 Å². The maximum absolute atomic E-state index is 5.84. The number of ether oxygens (including phenoxy) is 2. The first-order valence-electron chi connectivity index (χ1n) is 8.07. The van der Waals surface area contributed by atoms with E-state index in [0.717, 1.165) is 47.0 Å². The fourth-order valence-corrected chi connectivity index (χ4v) is 3.31. The van der Waals surface area contributed by atoms with Gasteiger partial charge >= 0.3 is 0 Å². The van der Waals surface area contributed by atoms with Crippen molar-refractivity contribution in [3.05, 3.63) is 42.5 Å². The SMILES string of the molecule is CCCCOc1ccc(-c2nc3ccccc3s2)cc1OCC. The fraction of sp³-hybridized carbons (Fsp3) is 0.316. The zero-order chi connectivity index (χ0) is 16.1. The molecule has 0 aliphatic carbocycles. The third kappa shape index (κ3) is 3.64. The summed E-state index contributed by atoms with van der Waals surface area (Å²) in [6.45, 7) is 5.48. The zero-order valence-corrected chi connectivity index (χ0v) is 14.4. The Bertz CT molecular complexity index is 749. The molecule has 0 bridgehead atoms. The Morgan fingerprint density at radius 1 is 1.00 bits per heavy atom. The molecule has 4 heteroatoms. The van der Waals surface area contributed by atoms with Gasteiger partial charge in [0.25, 0.3) is 0 Å². The molecule has 0 atom stereocenters. The number of unbranched alkanes of at least 4 members (excludes halogenated alkanes) is 1. The lowest BCUT2D eigenvalue weighted by atomic mass is 10.2. The molecule has 0 unspecified atom stereocenters. The number of fused-ring (bicyclic) bond motifs is 1. The molecule has 0 fully saturated rings. The maximum atomic E-state index is 5.84. The van der Waals surface area contributed by atoms with Gasteiger partial charge in [-0.3, -0.25) is 0 Å². The predicted octanol–water partition coefficient (Wildman–Crippen LogP) is 5.54. The first-order valence-corrected chi connectivity index (χ1v) is 8.89. The molecule has 0 amide bonds. The molecule has 3 nitrogen and oxygen atoms in total. The van der Waals surface area contributed by atoms with Gasteiger partial charge in [0, 0.05) is 5.56 Å². The third-order valence-corrected chi connectivity index (χ3v) is 4.63. The van der Waals surface area contributed by atoms with Crippen LogP contribution in [0.4, 0.5) is 0 Å². The van der Waals surface area contributed by atoms with Crippen molar-refractivity contribution in [2.45, 2.75) is 26.7 Å². The molecule has 0 aliphatic rings. The number of thiazole rings is 1. The topological polar surface area (TPSA) is 31.4 Å². The average molecular weight is 327 g/mol. The minimum absolute atomic E-state index is 0.618. The largest absolute Gasteiger partial charge is 0.490 e. The lowest BCUT2D eigenvalue weighted by Crippen LogP contribution is -2.00. The second-order valence-corrected chi connectivity index (χ2v) is 6.31. The molecule has 23 heavy (non-hydrogen) atoms. The number of para-hydroxylation sites is 1. The molecule has 0 saturated heterocycles. The van der Waals surface area contributed by atoms with Gasteiger partial charge in [-0.05, 0) is 43.7 Å². The summed E-state index contributed by atoms with van der Waals surface area (Å²) >= 11 is 1.70. The van der Waals surface area contributed by atoms with Gasteiger partial charge < -0.3 is 9.47 Å². The Morgan fingerprint density at radius 3 is 2.65 bits per heavy atom. The van der Waals surface area contributed by atoms with Crippen LogP contribution in [0, 0.1) is 0 Å². The van der Waals surface area contributed by atoms with E-state index < -0.39 is 0 Å². The van der Waals surface area contributed by atoms with Crippen molar-refractivity contribution in [1.29, 1.82) is 0 Å². The van der Waals surface area contributed by atoms with Gasteiger partial charge in [0.15, 0.2) is 11.5 Å². The zero-order valence-electron chi connectivity index (χ0n) is 13.5. The van der Waals surface area contributed by atoms with Gasteiger partial charge in [-0.2, -0.15) is 0 Å². The van der Waals surface area contributed by atoms with Crippen LogP contribution in [-0.4, -0.2) is 18.2 Å². The highest BCUT2D eigenvalue weighted by molar-refractivity contribution is 7.21. The van der Waals surface area contributed by atoms with Crippen LogP contribution in [0.3, 0.4) is 0 Å². The summed E-state index contributed by atoms with van der Waals surface area (Å²) in [4.78, 5) is 4.71. The molecule has 0 N–H and O–H groups in total. The summed E-state index contributed by atoms with van der Waals surface area (Å²) in [5, 5.41) is 1.01. The van der Waals surface area contributed by atoms with E-state index in [1.165, 1.54) is 4.70 Å². The minimum Gasteiger partial charge on any atom is -0.490 e. The molecule has 1 heterocycles. The smallest absolute Gasteiger partial charge is 0.161 e. The van der Waals surface area contributed by atoms with Crippen LogP contribution in [0.15, 0.2) is 42.5 Å². The number of hydrogen-bond donors (Lipinski definition) is 0.